The van der Waals surface area contributed by atoms with Crippen LogP contribution < -0.4 is 5.73 Å². The van der Waals surface area contributed by atoms with Gasteiger partial charge in [0.25, 0.3) is 0 Å². The van der Waals surface area contributed by atoms with Gasteiger partial charge in [0.2, 0.25) is 0 Å². The van der Waals surface area contributed by atoms with Crippen molar-refractivity contribution >= 4 is 5.69 Å². The third kappa shape index (κ3) is 2.38. The Kier molecular flexibility index (Phi) is 3.30. The van der Waals surface area contributed by atoms with Crippen LogP contribution in [0.1, 0.15) is 50.7 Å². The van der Waals surface area contributed by atoms with Gasteiger partial charge in [-0.25, -0.2) is 0 Å². The Morgan fingerprint density at radius 2 is 2.11 bits per heavy atom. The molecular weight excluding hydrogens is 232 g/mol. The third-order valence-electron chi connectivity index (χ3n) is 5.22. The van der Waals surface area contributed by atoms with E-state index in [2.05, 4.69) is 30.9 Å². The summed E-state index contributed by atoms with van der Waals surface area (Å²) in [6, 6.07) is 7.15. The molecule has 1 aliphatic heterocycles. The lowest BCUT2D eigenvalue weighted by Gasteiger charge is -2.47. The highest BCUT2D eigenvalue weighted by Gasteiger charge is 2.37. The summed E-state index contributed by atoms with van der Waals surface area (Å²) in [5, 5.41) is 0. The zero-order valence-corrected chi connectivity index (χ0v) is 12.3. The maximum absolute atomic E-state index is 6.10. The van der Waals surface area contributed by atoms with Gasteiger partial charge in [-0.2, -0.15) is 0 Å². The SMILES string of the molecule is CC1(C)CCCCC1N1CCc2c(N)cccc2C1. The molecule has 2 nitrogen and oxygen atoms in total. The minimum absolute atomic E-state index is 0.468. The molecular formula is C17H26N2. The number of nitrogens with two attached hydrogens (primary N) is 1. The predicted octanol–water partition coefficient (Wildman–Crippen LogP) is 3.60. The van der Waals surface area contributed by atoms with Gasteiger partial charge < -0.3 is 5.73 Å². The summed E-state index contributed by atoms with van der Waals surface area (Å²) in [4.78, 5) is 2.71. The third-order valence-corrected chi connectivity index (χ3v) is 5.22. The van der Waals surface area contributed by atoms with Crippen molar-refractivity contribution in [1.82, 2.24) is 4.90 Å². The number of nitrogens with zero attached hydrogens (tertiary/aromatic N) is 1. The van der Waals surface area contributed by atoms with E-state index in [0.29, 0.717) is 5.41 Å². The summed E-state index contributed by atoms with van der Waals surface area (Å²) in [6.45, 7) is 7.17. The fourth-order valence-corrected chi connectivity index (χ4v) is 4.08. The Hall–Kier alpha value is -1.02. The van der Waals surface area contributed by atoms with Crippen LogP contribution in [-0.4, -0.2) is 17.5 Å². The average molecular weight is 258 g/mol. The van der Waals surface area contributed by atoms with Crippen molar-refractivity contribution < 1.29 is 0 Å². The molecule has 1 saturated carbocycles. The van der Waals surface area contributed by atoms with Crippen LogP contribution in [0.3, 0.4) is 0 Å². The van der Waals surface area contributed by atoms with Crippen LogP contribution in [0.4, 0.5) is 5.69 Å². The lowest BCUT2D eigenvalue weighted by atomic mass is 9.72. The van der Waals surface area contributed by atoms with E-state index in [0.717, 1.165) is 24.7 Å². The van der Waals surface area contributed by atoms with Gasteiger partial charge in [-0.05, 0) is 41.9 Å². The van der Waals surface area contributed by atoms with Crippen molar-refractivity contribution in [2.24, 2.45) is 5.41 Å². The molecule has 1 aliphatic carbocycles. The zero-order chi connectivity index (χ0) is 13.5. The highest BCUT2D eigenvalue weighted by Crippen LogP contribution is 2.40. The van der Waals surface area contributed by atoms with E-state index in [1.165, 1.54) is 43.4 Å². The molecule has 1 heterocycles. The van der Waals surface area contributed by atoms with Gasteiger partial charge in [-0.3, -0.25) is 4.90 Å². The molecule has 104 valence electrons. The Labute approximate surface area is 117 Å². The quantitative estimate of drug-likeness (QED) is 0.780. The molecule has 0 aromatic heterocycles. The number of rotatable bonds is 1. The van der Waals surface area contributed by atoms with E-state index in [-0.39, 0.29) is 0 Å². The monoisotopic (exact) mass is 258 g/mol. The molecule has 0 amide bonds. The molecule has 1 aromatic rings. The van der Waals surface area contributed by atoms with Gasteiger partial charge in [0.1, 0.15) is 0 Å². The van der Waals surface area contributed by atoms with Crippen molar-refractivity contribution in [2.75, 3.05) is 12.3 Å². The first-order valence-electron chi connectivity index (χ1n) is 7.68. The van der Waals surface area contributed by atoms with Crippen LogP contribution in [0.25, 0.3) is 0 Å². The fraction of sp³-hybridized carbons (Fsp3) is 0.647. The predicted molar refractivity (Wildman–Crippen MR) is 81.0 cm³/mol. The number of hydrogen-bond donors (Lipinski definition) is 1. The second-order valence-corrected chi connectivity index (χ2v) is 6.96. The van der Waals surface area contributed by atoms with Crippen LogP contribution in [0.2, 0.25) is 0 Å². The van der Waals surface area contributed by atoms with Gasteiger partial charge in [-0.15, -0.1) is 0 Å². The molecule has 1 fully saturated rings. The molecule has 0 spiro atoms. The molecule has 19 heavy (non-hydrogen) atoms. The number of anilines is 1. The smallest absolute Gasteiger partial charge is 0.0350 e. The van der Waals surface area contributed by atoms with E-state index >= 15 is 0 Å². The molecule has 1 unspecified atom stereocenters. The topological polar surface area (TPSA) is 29.3 Å². The largest absolute Gasteiger partial charge is 0.398 e. The molecule has 1 atom stereocenters. The van der Waals surface area contributed by atoms with Crippen molar-refractivity contribution in [3.05, 3.63) is 29.3 Å². The maximum atomic E-state index is 6.10. The first-order valence-corrected chi connectivity index (χ1v) is 7.68. The van der Waals surface area contributed by atoms with Gasteiger partial charge in [0, 0.05) is 24.8 Å². The molecule has 2 N–H and O–H groups in total. The molecule has 2 heteroatoms. The minimum atomic E-state index is 0.468. The average Bonchev–Trinajstić information content (AvgIpc) is 2.38. The molecule has 0 saturated heterocycles. The van der Waals surface area contributed by atoms with Gasteiger partial charge in [0.05, 0.1) is 0 Å². The Morgan fingerprint density at radius 3 is 2.89 bits per heavy atom. The van der Waals surface area contributed by atoms with Crippen molar-refractivity contribution in [3.8, 4) is 0 Å². The second kappa shape index (κ2) is 4.82. The number of benzene rings is 1. The standard InChI is InChI=1S/C17H26N2/c1-17(2)10-4-3-8-16(17)19-11-9-14-13(12-19)6-5-7-15(14)18/h5-7,16H,3-4,8-12,18H2,1-2H3. The first kappa shape index (κ1) is 13.0. The summed E-state index contributed by atoms with van der Waals surface area (Å²) in [5.74, 6) is 0. The molecule has 3 rings (SSSR count). The number of hydrogen-bond acceptors (Lipinski definition) is 2. The Morgan fingerprint density at radius 1 is 1.26 bits per heavy atom. The summed E-state index contributed by atoms with van der Waals surface area (Å²) < 4.78 is 0. The van der Waals surface area contributed by atoms with Crippen LogP contribution in [-0.2, 0) is 13.0 Å². The van der Waals surface area contributed by atoms with E-state index in [9.17, 15) is 0 Å². The van der Waals surface area contributed by atoms with Crippen LogP contribution in [0.15, 0.2) is 18.2 Å². The van der Waals surface area contributed by atoms with E-state index in [1.54, 1.807) is 0 Å². The van der Waals surface area contributed by atoms with Gasteiger partial charge in [0.15, 0.2) is 0 Å². The van der Waals surface area contributed by atoms with Gasteiger partial charge >= 0.3 is 0 Å². The molecule has 0 radical (unpaired) electrons. The van der Waals surface area contributed by atoms with E-state index in [1.807, 2.05) is 6.07 Å². The normalized spacial score (nSPS) is 26.9. The summed E-state index contributed by atoms with van der Waals surface area (Å²) in [7, 11) is 0. The number of nitrogen functional groups attached to an aromatic ring is 1. The van der Waals surface area contributed by atoms with Crippen LogP contribution >= 0.6 is 0 Å². The van der Waals surface area contributed by atoms with Crippen molar-refractivity contribution in [3.63, 3.8) is 0 Å². The van der Waals surface area contributed by atoms with Crippen molar-refractivity contribution in [2.45, 2.75) is 58.5 Å². The Balaban J connectivity index is 1.82. The first-order chi connectivity index (χ1) is 9.08. The van der Waals surface area contributed by atoms with Crippen LogP contribution in [0, 0.1) is 5.41 Å². The highest BCUT2D eigenvalue weighted by atomic mass is 15.2. The molecule has 0 bridgehead atoms. The van der Waals surface area contributed by atoms with Crippen molar-refractivity contribution in [1.29, 1.82) is 0 Å². The van der Waals surface area contributed by atoms with Gasteiger partial charge in [-0.1, -0.05) is 38.8 Å². The zero-order valence-electron chi connectivity index (χ0n) is 12.3. The van der Waals surface area contributed by atoms with Crippen LogP contribution in [0.5, 0.6) is 0 Å². The molecule has 1 aromatic carbocycles. The summed E-state index contributed by atoms with van der Waals surface area (Å²) in [6.07, 6.45) is 6.66. The summed E-state index contributed by atoms with van der Waals surface area (Å²) in [5.41, 5.74) is 10.4. The second-order valence-electron chi connectivity index (χ2n) is 6.96. The van der Waals surface area contributed by atoms with E-state index < -0.39 is 0 Å². The highest BCUT2D eigenvalue weighted by molar-refractivity contribution is 5.51. The number of fused-ring (bicyclic) bond motifs is 1. The molecule has 2 aliphatic rings. The fourth-order valence-electron chi connectivity index (χ4n) is 4.08. The summed E-state index contributed by atoms with van der Waals surface area (Å²) >= 11 is 0. The Bertz CT molecular complexity index is 464. The van der Waals surface area contributed by atoms with E-state index in [4.69, 9.17) is 5.73 Å². The maximum Gasteiger partial charge on any atom is 0.0350 e. The lowest BCUT2D eigenvalue weighted by molar-refractivity contribution is 0.0395. The minimum Gasteiger partial charge on any atom is -0.398 e. The lowest BCUT2D eigenvalue weighted by Crippen LogP contribution is -2.49.